The second kappa shape index (κ2) is 9.59. The summed E-state index contributed by atoms with van der Waals surface area (Å²) in [5, 5.41) is 5.29. The Hall–Kier alpha value is -2.31. The van der Waals surface area contributed by atoms with Gasteiger partial charge in [0, 0.05) is 12.6 Å². The zero-order valence-electron chi connectivity index (χ0n) is 12.9. The van der Waals surface area contributed by atoms with Crippen LogP contribution in [0.2, 0.25) is 0 Å². The van der Waals surface area contributed by atoms with Crippen LogP contribution in [0.3, 0.4) is 0 Å². The van der Waals surface area contributed by atoms with Gasteiger partial charge in [-0.2, -0.15) is 0 Å². The number of hydrogen-bond acceptors (Lipinski definition) is 5. The van der Waals surface area contributed by atoms with Gasteiger partial charge in [-0.15, -0.1) is 0 Å². The quantitative estimate of drug-likeness (QED) is 0.669. The molecule has 0 aliphatic rings. The zero-order valence-corrected chi connectivity index (χ0v) is 12.9. The van der Waals surface area contributed by atoms with Crippen LogP contribution in [0.25, 0.3) is 0 Å². The van der Waals surface area contributed by atoms with Gasteiger partial charge in [0.15, 0.2) is 12.4 Å². The molecule has 0 fully saturated rings. The molecule has 1 aromatic heterocycles. The van der Waals surface area contributed by atoms with Crippen molar-refractivity contribution in [3.63, 3.8) is 0 Å². The molecule has 2 N–H and O–H groups in total. The molecule has 1 aromatic rings. The first-order chi connectivity index (χ1) is 10.6. The summed E-state index contributed by atoms with van der Waals surface area (Å²) in [4.78, 5) is 34.5. The minimum atomic E-state index is -0.542. The van der Waals surface area contributed by atoms with Crippen LogP contribution < -0.4 is 10.6 Å². The van der Waals surface area contributed by atoms with Crippen LogP contribution in [-0.2, 0) is 14.3 Å². The summed E-state index contributed by atoms with van der Waals surface area (Å²) >= 11 is 0. The molecule has 1 rings (SSSR count). The van der Waals surface area contributed by atoms with E-state index < -0.39 is 11.9 Å². The van der Waals surface area contributed by atoms with E-state index in [-0.39, 0.29) is 37.3 Å². The van der Waals surface area contributed by atoms with Crippen LogP contribution in [0.4, 0.5) is 0 Å². The summed E-state index contributed by atoms with van der Waals surface area (Å²) in [5.74, 6) is -1.08. The van der Waals surface area contributed by atoms with E-state index in [1.54, 1.807) is 6.07 Å². The summed E-state index contributed by atoms with van der Waals surface area (Å²) in [6.07, 6.45) is 3.04. The minimum absolute atomic E-state index is 0.00921. The summed E-state index contributed by atoms with van der Waals surface area (Å²) < 4.78 is 9.75. The molecule has 22 heavy (non-hydrogen) atoms. The number of furan rings is 1. The van der Waals surface area contributed by atoms with E-state index in [1.807, 2.05) is 13.8 Å². The van der Waals surface area contributed by atoms with Gasteiger partial charge in [0.25, 0.3) is 11.8 Å². The van der Waals surface area contributed by atoms with Gasteiger partial charge >= 0.3 is 5.97 Å². The molecule has 0 unspecified atom stereocenters. The maximum atomic E-state index is 11.5. The van der Waals surface area contributed by atoms with Crippen molar-refractivity contribution in [2.24, 2.45) is 0 Å². The lowest BCUT2D eigenvalue weighted by atomic mass is 10.2. The molecule has 0 bridgehead atoms. The monoisotopic (exact) mass is 310 g/mol. The molecule has 0 aliphatic heterocycles. The van der Waals surface area contributed by atoms with Crippen molar-refractivity contribution >= 4 is 17.8 Å². The fourth-order valence-corrected chi connectivity index (χ4v) is 1.75. The minimum Gasteiger partial charge on any atom is -0.459 e. The third-order valence-corrected chi connectivity index (χ3v) is 3.07. The lowest BCUT2D eigenvalue weighted by molar-refractivity contribution is -0.148. The molecule has 122 valence electrons. The van der Waals surface area contributed by atoms with Gasteiger partial charge in [-0.3, -0.25) is 14.4 Å². The second-order valence-electron chi connectivity index (χ2n) is 4.72. The van der Waals surface area contributed by atoms with E-state index in [9.17, 15) is 14.4 Å². The van der Waals surface area contributed by atoms with Crippen LogP contribution in [0.5, 0.6) is 0 Å². The highest BCUT2D eigenvalue weighted by Crippen LogP contribution is 1.99. The number of esters is 1. The van der Waals surface area contributed by atoms with Crippen molar-refractivity contribution < 1.29 is 23.5 Å². The fourth-order valence-electron chi connectivity index (χ4n) is 1.75. The average Bonchev–Trinajstić information content (AvgIpc) is 3.05. The maximum Gasteiger partial charge on any atom is 0.308 e. The van der Waals surface area contributed by atoms with E-state index in [0.717, 1.165) is 12.8 Å². The fraction of sp³-hybridized carbons (Fsp3) is 0.533. The topological polar surface area (TPSA) is 97.6 Å². The van der Waals surface area contributed by atoms with Gasteiger partial charge < -0.3 is 19.8 Å². The normalized spacial score (nSPS) is 10.3. The SMILES string of the molecule is CCC(CC)NC(=O)COC(=O)CCNC(=O)c1ccco1. The van der Waals surface area contributed by atoms with Crippen molar-refractivity contribution in [2.45, 2.75) is 39.2 Å². The lowest BCUT2D eigenvalue weighted by Crippen LogP contribution is -2.37. The first kappa shape index (κ1) is 17.7. The second-order valence-corrected chi connectivity index (χ2v) is 4.72. The molecule has 0 saturated carbocycles. The molecule has 2 amide bonds. The third-order valence-electron chi connectivity index (χ3n) is 3.07. The smallest absolute Gasteiger partial charge is 0.308 e. The maximum absolute atomic E-state index is 11.5. The van der Waals surface area contributed by atoms with Gasteiger partial charge in [0.05, 0.1) is 12.7 Å². The molecular weight excluding hydrogens is 288 g/mol. The van der Waals surface area contributed by atoms with Crippen LogP contribution in [-0.4, -0.2) is 37.0 Å². The van der Waals surface area contributed by atoms with Crippen LogP contribution in [0.1, 0.15) is 43.7 Å². The average molecular weight is 310 g/mol. The number of ether oxygens (including phenoxy) is 1. The Morgan fingerprint density at radius 3 is 2.59 bits per heavy atom. The summed E-state index contributed by atoms with van der Waals surface area (Å²) in [6, 6.07) is 3.22. The number of amides is 2. The molecule has 1 heterocycles. The number of rotatable bonds is 9. The Morgan fingerprint density at radius 1 is 1.27 bits per heavy atom. The van der Waals surface area contributed by atoms with Crippen molar-refractivity contribution in [3.05, 3.63) is 24.2 Å². The highest BCUT2D eigenvalue weighted by Gasteiger charge is 2.12. The lowest BCUT2D eigenvalue weighted by Gasteiger charge is -2.14. The number of hydrogen-bond donors (Lipinski definition) is 2. The molecular formula is C15H22N2O5. The first-order valence-corrected chi connectivity index (χ1v) is 7.33. The summed E-state index contributed by atoms with van der Waals surface area (Å²) in [7, 11) is 0. The molecule has 7 heteroatoms. The third kappa shape index (κ3) is 6.43. The van der Waals surface area contributed by atoms with E-state index in [0.29, 0.717) is 0 Å². The van der Waals surface area contributed by atoms with Gasteiger partial charge in [-0.05, 0) is 25.0 Å². The van der Waals surface area contributed by atoms with Crippen LogP contribution in [0, 0.1) is 0 Å². The zero-order chi connectivity index (χ0) is 16.4. The van der Waals surface area contributed by atoms with Crippen molar-refractivity contribution in [1.82, 2.24) is 10.6 Å². The van der Waals surface area contributed by atoms with Gasteiger partial charge in [-0.1, -0.05) is 13.8 Å². The molecule has 0 atom stereocenters. The Balaban J connectivity index is 2.15. The molecule has 0 aliphatic carbocycles. The van der Waals surface area contributed by atoms with Crippen molar-refractivity contribution in [1.29, 1.82) is 0 Å². The Labute approximate surface area is 129 Å². The predicted molar refractivity (Wildman–Crippen MR) is 79.1 cm³/mol. The summed E-state index contributed by atoms with van der Waals surface area (Å²) in [5.41, 5.74) is 0. The predicted octanol–water partition coefficient (Wildman–Crippen LogP) is 1.25. The van der Waals surface area contributed by atoms with Crippen molar-refractivity contribution in [3.8, 4) is 0 Å². The first-order valence-electron chi connectivity index (χ1n) is 7.33. The number of carbonyl (C=O) groups excluding carboxylic acids is 3. The van der Waals surface area contributed by atoms with Gasteiger partial charge in [-0.25, -0.2) is 0 Å². The standard InChI is InChI=1S/C15H22N2O5/c1-3-11(4-2)17-13(18)10-22-14(19)7-8-16-15(20)12-6-5-9-21-12/h5-6,9,11H,3-4,7-8,10H2,1-2H3,(H,16,20)(H,17,18). The Morgan fingerprint density at radius 2 is 2.00 bits per heavy atom. The van der Waals surface area contributed by atoms with Crippen LogP contribution >= 0.6 is 0 Å². The number of carbonyl (C=O) groups is 3. The molecule has 0 saturated heterocycles. The molecule has 7 nitrogen and oxygen atoms in total. The van der Waals surface area contributed by atoms with E-state index in [2.05, 4.69) is 10.6 Å². The van der Waals surface area contributed by atoms with Gasteiger partial charge in [0.1, 0.15) is 0 Å². The van der Waals surface area contributed by atoms with E-state index in [4.69, 9.17) is 9.15 Å². The highest BCUT2D eigenvalue weighted by molar-refractivity contribution is 5.91. The van der Waals surface area contributed by atoms with Gasteiger partial charge in [0.2, 0.25) is 0 Å². The van der Waals surface area contributed by atoms with E-state index in [1.165, 1.54) is 12.3 Å². The molecule has 0 aromatic carbocycles. The van der Waals surface area contributed by atoms with Crippen LogP contribution in [0.15, 0.2) is 22.8 Å². The summed E-state index contributed by atoms with van der Waals surface area (Å²) in [6.45, 7) is 3.76. The largest absolute Gasteiger partial charge is 0.459 e. The molecule has 0 radical (unpaired) electrons. The number of nitrogens with one attached hydrogen (secondary N) is 2. The van der Waals surface area contributed by atoms with E-state index >= 15 is 0 Å². The Bertz CT molecular complexity index is 480. The molecule has 0 spiro atoms. The van der Waals surface area contributed by atoms with Crippen molar-refractivity contribution in [2.75, 3.05) is 13.2 Å². The highest BCUT2D eigenvalue weighted by atomic mass is 16.5. The Kier molecular flexibility index (Phi) is 7.74.